The predicted octanol–water partition coefficient (Wildman–Crippen LogP) is 11.9. The van der Waals surface area contributed by atoms with Crippen LogP contribution in [0.1, 0.15) is 0 Å². The van der Waals surface area contributed by atoms with E-state index in [0.29, 0.717) is 17.5 Å². The van der Waals surface area contributed by atoms with Crippen molar-refractivity contribution in [1.29, 1.82) is 0 Å². The second-order valence-corrected chi connectivity index (χ2v) is 13.2. The Labute approximate surface area is 294 Å². The minimum atomic E-state index is 0.656. The highest BCUT2D eigenvalue weighted by Gasteiger charge is 2.25. The molecule has 0 N–H and O–H groups in total. The van der Waals surface area contributed by atoms with Crippen LogP contribution in [0, 0.1) is 0 Å². The molecular formula is C47H28N4. The summed E-state index contributed by atoms with van der Waals surface area (Å²) in [6.45, 7) is 0. The lowest BCUT2D eigenvalue weighted by molar-refractivity contribution is 1.08. The maximum absolute atomic E-state index is 5.04. The highest BCUT2D eigenvalue weighted by Crippen LogP contribution is 2.49. The minimum absolute atomic E-state index is 0.656. The maximum atomic E-state index is 5.04. The van der Waals surface area contributed by atoms with Crippen molar-refractivity contribution < 1.29 is 0 Å². The molecule has 0 saturated carbocycles. The van der Waals surface area contributed by atoms with Gasteiger partial charge in [-0.1, -0.05) is 140 Å². The third kappa shape index (κ3) is 4.17. The maximum Gasteiger partial charge on any atom is 0.164 e. The van der Waals surface area contributed by atoms with Crippen LogP contribution in [-0.4, -0.2) is 19.5 Å². The fourth-order valence-corrected chi connectivity index (χ4v) is 8.12. The molecule has 51 heavy (non-hydrogen) atoms. The highest BCUT2D eigenvalue weighted by atomic mass is 15.0. The standard InChI is InChI=1S/C47H28N4/c1-3-11-31(12-4-1)45-48-46(32-13-5-2-6-14-32)50-47(49-45)39-27-26-34(35-16-7-8-17-36(35)39)29-21-24-33(25-22-29)51-40-20-10-19-38-37-18-9-15-30-23-28-41(51)44(42(30)37)43(38)40/h1-28H. The molecule has 4 heteroatoms. The van der Waals surface area contributed by atoms with Gasteiger partial charge in [0.1, 0.15) is 0 Å². The molecule has 236 valence electrons. The monoisotopic (exact) mass is 648 g/mol. The first-order valence-corrected chi connectivity index (χ1v) is 17.3. The largest absolute Gasteiger partial charge is 0.309 e. The summed E-state index contributed by atoms with van der Waals surface area (Å²) in [5.41, 5.74) is 11.5. The van der Waals surface area contributed by atoms with E-state index in [0.717, 1.165) is 38.7 Å². The predicted molar refractivity (Wildman–Crippen MR) is 210 cm³/mol. The van der Waals surface area contributed by atoms with Crippen LogP contribution < -0.4 is 0 Å². The Morgan fingerprint density at radius 3 is 1.59 bits per heavy atom. The van der Waals surface area contributed by atoms with Crippen molar-refractivity contribution in [2.75, 3.05) is 0 Å². The van der Waals surface area contributed by atoms with E-state index in [4.69, 9.17) is 15.0 Å². The molecule has 0 amide bonds. The number of hydrogen-bond donors (Lipinski definition) is 0. The first-order valence-electron chi connectivity index (χ1n) is 17.3. The Hall–Kier alpha value is -6.91. The van der Waals surface area contributed by atoms with Gasteiger partial charge in [-0.25, -0.2) is 15.0 Å². The summed E-state index contributed by atoms with van der Waals surface area (Å²) in [5.74, 6) is 1.97. The Bertz CT molecular complexity index is 2940. The van der Waals surface area contributed by atoms with Crippen molar-refractivity contribution in [1.82, 2.24) is 19.5 Å². The molecule has 1 aliphatic carbocycles. The average Bonchev–Trinajstić information content (AvgIpc) is 3.74. The summed E-state index contributed by atoms with van der Waals surface area (Å²) < 4.78 is 2.42. The van der Waals surface area contributed by atoms with Gasteiger partial charge < -0.3 is 4.57 Å². The van der Waals surface area contributed by atoms with Crippen LogP contribution >= 0.6 is 0 Å². The van der Waals surface area contributed by atoms with Gasteiger partial charge in [-0.3, -0.25) is 0 Å². The fraction of sp³-hybridized carbons (Fsp3) is 0. The molecular weight excluding hydrogens is 621 g/mol. The van der Waals surface area contributed by atoms with Crippen LogP contribution in [0.2, 0.25) is 0 Å². The molecule has 0 spiro atoms. The van der Waals surface area contributed by atoms with E-state index in [1.165, 1.54) is 49.3 Å². The number of nitrogens with zero attached hydrogens (tertiary/aromatic N) is 4. The van der Waals surface area contributed by atoms with Crippen LogP contribution in [0.15, 0.2) is 170 Å². The molecule has 0 saturated heterocycles. The van der Waals surface area contributed by atoms with E-state index in [1.54, 1.807) is 0 Å². The molecule has 0 bridgehead atoms. The lowest BCUT2D eigenvalue weighted by Crippen LogP contribution is -2.00. The third-order valence-corrected chi connectivity index (χ3v) is 10.4. The number of rotatable bonds is 5. The van der Waals surface area contributed by atoms with Crippen molar-refractivity contribution in [2.24, 2.45) is 0 Å². The number of hydrogen-bond acceptors (Lipinski definition) is 3. The van der Waals surface area contributed by atoms with E-state index in [9.17, 15) is 0 Å². The van der Waals surface area contributed by atoms with Crippen molar-refractivity contribution >= 4 is 43.4 Å². The summed E-state index contributed by atoms with van der Waals surface area (Å²) in [5, 5.41) is 7.64. The third-order valence-electron chi connectivity index (χ3n) is 10.4. The number of fused-ring (bicyclic) bond motifs is 2. The lowest BCUT2D eigenvalue weighted by atomic mass is 9.94. The van der Waals surface area contributed by atoms with Crippen LogP contribution in [0.3, 0.4) is 0 Å². The van der Waals surface area contributed by atoms with Gasteiger partial charge >= 0.3 is 0 Å². The quantitative estimate of drug-likeness (QED) is 0.187. The van der Waals surface area contributed by atoms with Crippen molar-refractivity contribution in [3.8, 4) is 62.1 Å². The topological polar surface area (TPSA) is 43.6 Å². The molecule has 11 rings (SSSR count). The zero-order chi connectivity index (χ0) is 33.5. The molecule has 1 aliphatic rings. The molecule has 2 aromatic heterocycles. The van der Waals surface area contributed by atoms with Crippen LogP contribution in [0.5, 0.6) is 0 Å². The van der Waals surface area contributed by atoms with Gasteiger partial charge in [-0.15, -0.1) is 0 Å². The Morgan fingerprint density at radius 1 is 0.314 bits per heavy atom. The van der Waals surface area contributed by atoms with Gasteiger partial charge in [-0.05, 0) is 74.1 Å². The van der Waals surface area contributed by atoms with Crippen LogP contribution in [0.25, 0.3) is 105 Å². The van der Waals surface area contributed by atoms with E-state index >= 15 is 0 Å². The molecule has 0 radical (unpaired) electrons. The van der Waals surface area contributed by atoms with Gasteiger partial charge in [0, 0.05) is 33.2 Å². The van der Waals surface area contributed by atoms with E-state index < -0.39 is 0 Å². The van der Waals surface area contributed by atoms with Gasteiger partial charge in [0.05, 0.1) is 11.0 Å². The van der Waals surface area contributed by atoms with Crippen molar-refractivity contribution in [2.45, 2.75) is 0 Å². The Kier molecular flexibility index (Phi) is 5.92. The normalized spacial score (nSPS) is 11.9. The fourth-order valence-electron chi connectivity index (χ4n) is 8.12. The van der Waals surface area contributed by atoms with E-state index in [2.05, 4.69) is 114 Å². The van der Waals surface area contributed by atoms with Crippen LogP contribution in [-0.2, 0) is 0 Å². The SMILES string of the molecule is c1ccc(-c2nc(-c3ccccc3)nc(-c3ccc(-c4ccc(-n5c6cccc7c6c6c8c-7cccc8ccc65)cc4)c4ccccc34)n2)cc1. The summed E-state index contributed by atoms with van der Waals surface area (Å²) in [4.78, 5) is 15.0. The summed E-state index contributed by atoms with van der Waals surface area (Å²) in [7, 11) is 0. The first-order chi connectivity index (χ1) is 25.3. The lowest BCUT2D eigenvalue weighted by Gasteiger charge is -2.14. The zero-order valence-corrected chi connectivity index (χ0v) is 27.5. The molecule has 10 aromatic rings. The summed E-state index contributed by atoms with van der Waals surface area (Å²) in [6, 6.07) is 60.1. The molecule has 0 unspecified atom stereocenters. The van der Waals surface area contributed by atoms with Gasteiger partial charge in [0.25, 0.3) is 0 Å². The van der Waals surface area contributed by atoms with Crippen molar-refractivity contribution in [3.05, 3.63) is 170 Å². The van der Waals surface area contributed by atoms with Gasteiger partial charge in [0.2, 0.25) is 0 Å². The smallest absolute Gasteiger partial charge is 0.164 e. The molecule has 8 aromatic carbocycles. The second-order valence-electron chi connectivity index (χ2n) is 13.2. The Balaban J connectivity index is 1.04. The Morgan fingerprint density at radius 2 is 0.882 bits per heavy atom. The summed E-state index contributed by atoms with van der Waals surface area (Å²) >= 11 is 0. The number of benzene rings is 8. The summed E-state index contributed by atoms with van der Waals surface area (Å²) in [6.07, 6.45) is 0. The van der Waals surface area contributed by atoms with Gasteiger partial charge in [-0.2, -0.15) is 0 Å². The van der Waals surface area contributed by atoms with E-state index in [-0.39, 0.29) is 0 Å². The number of aromatic nitrogens is 4. The molecule has 0 atom stereocenters. The molecule has 0 aliphatic heterocycles. The highest BCUT2D eigenvalue weighted by molar-refractivity contribution is 6.33. The zero-order valence-electron chi connectivity index (χ0n) is 27.5. The second kappa shape index (κ2) is 10.8. The first kappa shape index (κ1) is 28.0. The minimum Gasteiger partial charge on any atom is -0.309 e. The molecule has 2 heterocycles. The molecule has 0 fully saturated rings. The molecule has 4 nitrogen and oxygen atoms in total. The van der Waals surface area contributed by atoms with Crippen LogP contribution in [0.4, 0.5) is 0 Å². The average molecular weight is 649 g/mol. The van der Waals surface area contributed by atoms with Crippen molar-refractivity contribution in [3.63, 3.8) is 0 Å². The van der Waals surface area contributed by atoms with E-state index in [1.807, 2.05) is 60.7 Å². The van der Waals surface area contributed by atoms with Gasteiger partial charge in [0.15, 0.2) is 17.5 Å².